The van der Waals surface area contributed by atoms with Crippen molar-refractivity contribution in [1.29, 1.82) is 0 Å². The molecule has 2 N–H and O–H groups in total. The molecule has 1 heterocycles. The Bertz CT molecular complexity index is 448. The molecule has 4 nitrogen and oxygen atoms in total. The third-order valence-electron chi connectivity index (χ3n) is 2.39. The van der Waals surface area contributed by atoms with Crippen LogP contribution in [0.3, 0.4) is 0 Å². The van der Waals surface area contributed by atoms with Gasteiger partial charge in [-0.25, -0.2) is 0 Å². The van der Waals surface area contributed by atoms with E-state index in [-0.39, 0.29) is 6.54 Å². The summed E-state index contributed by atoms with van der Waals surface area (Å²) in [4.78, 5) is 4.17. The molecule has 0 spiro atoms. The predicted octanol–water partition coefficient (Wildman–Crippen LogP) is 2.15. The molecule has 2 aromatic rings. The third kappa shape index (κ3) is 2.28. The number of rotatable bonds is 4. The fourth-order valence-corrected chi connectivity index (χ4v) is 1.56. The van der Waals surface area contributed by atoms with Gasteiger partial charge in [0.2, 0.25) is 11.7 Å². The molecule has 0 saturated heterocycles. The molecule has 1 aromatic heterocycles. The molecule has 0 aliphatic carbocycles. The summed E-state index contributed by atoms with van der Waals surface area (Å²) in [7, 11) is 0. The lowest BCUT2D eigenvalue weighted by molar-refractivity contribution is 0.380. The van der Waals surface area contributed by atoms with E-state index in [0.29, 0.717) is 11.7 Å². The number of nitrogens with zero attached hydrogens (tertiary/aromatic N) is 2. The average Bonchev–Trinajstić information content (AvgIpc) is 2.79. The normalized spacial score (nSPS) is 10.6. The van der Waals surface area contributed by atoms with Gasteiger partial charge in [0.1, 0.15) is 0 Å². The van der Waals surface area contributed by atoms with Crippen molar-refractivity contribution in [1.82, 2.24) is 10.1 Å². The van der Waals surface area contributed by atoms with Gasteiger partial charge in [0, 0.05) is 5.56 Å². The molecule has 2 rings (SSSR count). The second-order valence-corrected chi connectivity index (χ2v) is 3.66. The molecule has 0 aliphatic heterocycles. The first-order chi connectivity index (χ1) is 7.83. The molecule has 0 fully saturated rings. The van der Waals surface area contributed by atoms with Crippen molar-refractivity contribution in [2.45, 2.75) is 26.3 Å². The molecule has 84 valence electrons. The van der Waals surface area contributed by atoms with Gasteiger partial charge in [-0.3, -0.25) is 0 Å². The highest BCUT2D eigenvalue weighted by Gasteiger charge is 2.06. The molecule has 4 heteroatoms. The summed E-state index contributed by atoms with van der Waals surface area (Å²) in [6.07, 6.45) is 2.25. The maximum absolute atomic E-state index is 5.41. The van der Waals surface area contributed by atoms with E-state index in [2.05, 4.69) is 29.2 Å². The van der Waals surface area contributed by atoms with Gasteiger partial charge in [-0.05, 0) is 12.0 Å². The maximum atomic E-state index is 5.41. The molecule has 0 aliphatic rings. The summed E-state index contributed by atoms with van der Waals surface area (Å²) < 4.78 is 4.96. The molecule has 16 heavy (non-hydrogen) atoms. The standard InChI is InChI=1S/C12H15N3O/c1-2-3-9-4-6-10(7-5-9)12-14-11(8-13)16-15-12/h4-7H,2-3,8,13H2,1H3. The lowest BCUT2D eigenvalue weighted by Crippen LogP contribution is -1.95. The first-order valence-electron chi connectivity index (χ1n) is 5.45. The van der Waals surface area contributed by atoms with Crippen LogP contribution < -0.4 is 5.73 Å². The number of hydrogen-bond donors (Lipinski definition) is 1. The minimum absolute atomic E-state index is 0.279. The number of nitrogens with two attached hydrogens (primary N) is 1. The van der Waals surface area contributed by atoms with Crippen molar-refractivity contribution >= 4 is 0 Å². The van der Waals surface area contributed by atoms with Crippen LogP contribution in [0.15, 0.2) is 28.8 Å². The van der Waals surface area contributed by atoms with Crippen molar-refractivity contribution in [3.8, 4) is 11.4 Å². The minimum atomic E-state index is 0.279. The number of aromatic nitrogens is 2. The van der Waals surface area contributed by atoms with Gasteiger partial charge < -0.3 is 10.3 Å². The minimum Gasteiger partial charge on any atom is -0.338 e. The summed E-state index contributed by atoms with van der Waals surface area (Å²) in [6, 6.07) is 8.21. The number of benzene rings is 1. The Labute approximate surface area is 94.5 Å². The van der Waals surface area contributed by atoms with E-state index in [1.54, 1.807) is 0 Å². The van der Waals surface area contributed by atoms with Crippen LogP contribution in [0.5, 0.6) is 0 Å². The molecule has 0 amide bonds. The summed E-state index contributed by atoms with van der Waals surface area (Å²) in [5.74, 6) is 1.07. The van der Waals surface area contributed by atoms with Gasteiger partial charge >= 0.3 is 0 Å². The quantitative estimate of drug-likeness (QED) is 0.852. The van der Waals surface area contributed by atoms with E-state index >= 15 is 0 Å². The first-order valence-corrected chi connectivity index (χ1v) is 5.45. The zero-order valence-electron chi connectivity index (χ0n) is 9.31. The Morgan fingerprint density at radius 1 is 1.25 bits per heavy atom. The van der Waals surface area contributed by atoms with Crippen molar-refractivity contribution in [3.05, 3.63) is 35.7 Å². The SMILES string of the molecule is CCCc1ccc(-c2noc(CN)n2)cc1. The van der Waals surface area contributed by atoms with Crippen molar-refractivity contribution in [2.24, 2.45) is 5.73 Å². The van der Waals surface area contributed by atoms with Gasteiger partial charge in [-0.1, -0.05) is 42.8 Å². The van der Waals surface area contributed by atoms with Gasteiger partial charge in [0.05, 0.1) is 6.54 Å². The summed E-state index contributed by atoms with van der Waals surface area (Å²) in [6.45, 7) is 2.45. The highest BCUT2D eigenvalue weighted by molar-refractivity contribution is 5.54. The highest BCUT2D eigenvalue weighted by atomic mass is 16.5. The van der Waals surface area contributed by atoms with Gasteiger partial charge in [-0.2, -0.15) is 4.98 Å². The molecule has 0 saturated carbocycles. The van der Waals surface area contributed by atoms with E-state index < -0.39 is 0 Å². The maximum Gasteiger partial charge on any atom is 0.240 e. The van der Waals surface area contributed by atoms with Crippen LogP contribution in [-0.2, 0) is 13.0 Å². The van der Waals surface area contributed by atoms with Crippen LogP contribution in [0.2, 0.25) is 0 Å². The van der Waals surface area contributed by atoms with Crippen LogP contribution in [0.1, 0.15) is 24.8 Å². The van der Waals surface area contributed by atoms with Gasteiger partial charge in [0.15, 0.2) is 0 Å². The highest BCUT2D eigenvalue weighted by Crippen LogP contribution is 2.16. The first kappa shape index (κ1) is 10.8. The van der Waals surface area contributed by atoms with Crippen LogP contribution in [-0.4, -0.2) is 10.1 Å². The second kappa shape index (κ2) is 4.90. The fraction of sp³-hybridized carbons (Fsp3) is 0.333. The second-order valence-electron chi connectivity index (χ2n) is 3.66. The Hall–Kier alpha value is -1.68. The fourth-order valence-electron chi connectivity index (χ4n) is 1.56. The Balaban J connectivity index is 2.20. The van der Waals surface area contributed by atoms with Crippen molar-refractivity contribution in [3.63, 3.8) is 0 Å². The average molecular weight is 217 g/mol. The van der Waals surface area contributed by atoms with E-state index in [9.17, 15) is 0 Å². The Morgan fingerprint density at radius 3 is 2.56 bits per heavy atom. The predicted molar refractivity (Wildman–Crippen MR) is 61.6 cm³/mol. The summed E-state index contributed by atoms with van der Waals surface area (Å²) in [5, 5.41) is 3.87. The molecular weight excluding hydrogens is 202 g/mol. The zero-order chi connectivity index (χ0) is 11.4. The molecule has 1 aromatic carbocycles. The zero-order valence-corrected chi connectivity index (χ0v) is 9.31. The number of hydrogen-bond acceptors (Lipinski definition) is 4. The Morgan fingerprint density at radius 2 is 2.00 bits per heavy atom. The topological polar surface area (TPSA) is 64.9 Å². The molecule has 0 bridgehead atoms. The van der Waals surface area contributed by atoms with Crippen molar-refractivity contribution in [2.75, 3.05) is 0 Å². The van der Waals surface area contributed by atoms with Crippen LogP contribution in [0.25, 0.3) is 11.4 Å². The van der Waals surface area contributed by atoms with Crippen LogP contribution in [0, 0.1) is 0 Å². The van der Waals surface area contributed by atoms with Crippen LogP contribution >= 0.6 is 0 Å². The van der Waals surface area contributed by atoms with Crippen LogP contribution in [0.4, 0.5) is 0 Å². The van der Waals surface area contributed by atoms with E-state index in [1.807, 2.05) is 12.1 Å². The molecule has 0 radical (unpaired) electrons. The lowest BCUT2D eigenvalue weighted by Gasteiger charge is -1.98. The lowest BCUT2D eigenvalue weighted by atomic mass is 10.1. The third-order valence-corrected chi connectivity index (χ3v) is 2.39. The van der Waals surface area contributed by atoms with E-state index in [0.717, 1.165) is 18.4 Å². The van der Waals surface area contributed by atoms with Crippen molar-refractivity contribution < 1.29 is 4.52 Å². The smallest absolute Gasteiger partial charge is 0.240 e. The van der Waals surface area contributed by atoms with E-state index in [4.69, 9.17) is 10.3 Å². The Kier molecular flexibility index (Phi) is 3.31. The molecule has 0 unspecified atom stereocenters. The summed E-state index contributed by atoms with van der Waals surface area (Å²) in [5.41, 5.74) is 7.70. The monoisotopic (exact) mass is 217 g/mol. The molecule has 0 atom stereocenters. The van der Waals surface area contributed by atoms with Gasteiger partial charge in [-0.15, -0.1) is 0 Å². The van der Waals surface area contributed by atoms with Gasteiger partial charge in [0.25, 0.3) is 0 Å². The summed E-state index contributed by atoms with van der Waals surface area (Å²) >= 11 is 0. The largest absolute Gasteiger partial charge is 0.338 e. The molecular formula is C12H15N3O. The van der Waals surface area contributed by atoms with E-state index in [1.165, 1.54) is 5.56 Å². The number of aryl methyl sites for hydroxylation is 1.